The van der Waals surface area contributed by atoms with Gasteiger partial charge in [-0.3, -0.25) is 9.59 Å². The second-order valence-corrected chi connectivity index (χ2v) is 12.6. The first kappa shape index (κ1) is 34.3. The molecule has 1 fully saturated rings. The summed E-state index contributed by atoms with van der Waals surface area (Å²) in [5, 5.41) is 23.1. The van der Waals surface area contributed by atoms with Crippen molar-refractivity contribution in [3.05, 3.63) is 135 Å². The quantitative estimate of drug-likeness (QED) is 0.108. The van der Waals surface area contributed by atoms with Gasteiger partial charge in [-0.05, 0) is 66.4 Å². The minimum Gasteiger partial charge on any atom is -0.395 e. The van der Waals surface area contributed by atoms with Crippen LogP contribution in [-0.4, -0.2) is 66.0 Å². The van der Waals surface area contributed by atoms with Crippen LogP contribution >= 0.6 is 11.6 Å². The number of nitriles is 1. The highest BCUT2D eigenvalue weighted by molar-refractivity contribution is 6.35. The van der Waals surface area contributed by atoms with Crippen LogP contribution in [0.3, 0.4) is 0 Å². The molecule has 2 aliphatic rings. The van der Waals surface area contributed by atoms with Crippen molar-refractivity contribution in [2.75, 3.05) is 54.4 Å². The summed E-state index contributed by atoms with van der Waals surface area (Å²) < 4.78 is 0. The molecule has 0 amide bonds. The number of rotatable bonds is 7. The number of hydrogen-bond acceptors (Lipinski definition) is 9. The van der Waals surface area contributed by atoms with Crippen LogP contribution in [0.4, 0.5) is 17.5 Å². The molecule has 0 spiro atoms. The molecule has 1 saturated heterocycles. The number of nitrogens with one attached hydrogen (secondary N) is 1. The molecule has 9 nitrogen and oxygen atoms in total. The number of anilines is 3. The first-order valence-electron chi connectivity index (χ1n) is 16.6. The van der Waals surface area contributed by atoms with E-state index >= 15 is 0 Å². The lowest BCUT2D eigenvalue weighted by molar-refractivity contribution is 0.0987. The van der Waals surface area contributed by atoms with Crippen LogP contribution in [0, 0.1) is 18.3 Å². The zero-order valence-corrected chi connectivity index (χ0v) is 28.5. The molecule has 4 aromatic carbocycles. The first-order valence-corrected chi connectivity index (χ1v) is 16.9. The number of ketones is 2. The Bertz CT molecular complexity index is 2100. The lowest BCUT2D eigenvalue weighted by atomic mass is 9.83. The highest BCUT2D eigenvalue weighted by Crippen LogP contribution is 2.30. The van der Waals surface area contributed by atoms with E-state index in [9.17, 15) is 14.9 Å². The number of aryl methyl sites for hydroxylation is 1. The van der Waals surface area contributed by atoms with Crippen molar-refractivity contribution < 1.29 is 14.7 Å². The zero-order valence-electron chi connectivity index (χ0n) is 27.8. The van der Waals surface area contributed by atoms with Gasteiger partial charge in [-0.1, -0.05) is 72.3 Å². The summed E-state index contributed by atoms with van der Waals surface area (Å²) in [5.41, 5.74) is 5.49. The predicted molar refractivity (Wildman–Crippen MR) is 198 cm³/mol. The van der Waals surface area contributed by atoms with Gasteiger partial charge in [0.2, 0.25) is 11.7 Å². The van der Waals surface area contributed by atoms with Crippen molar-refractivity contribution in [2.24, 2.45) is 0 Å². The third-order valence-corrected chi connectivity index (χ3v) is 9.15. The average Bonchev–Trinajstić information content (AvgIpc) is 3.15. The SMILES string of the molecule is Cc1ccc(C(=O)/C(C#N)=C2/CC(=O)c3ccccc3C2)c(Cl)c1.OCCNc1nc(N2CCN(c3ccccc3)CC2)nc2ccccc12. The molecule has 2 heterocycles. The number of allylic oxidation sites excluding steroid dienone is 2. The van der Waals surface area contributed by atoms with Crippen LogP contribution in [0.1, 0.15) is 38.3 Å². The number of halogens is 1. The van der Waals surface area contributed by atoms with Crippen LogP contribution in [-0.2, 0) is 6.42 Å². The number of aliphatic hydroxyl groups is 1. The van der Waals surface area contributed by atoms with Crippen LogP contribution in [0.5, 0.6) is 0 Å². The van der Waals surface area contributed by atoms with E-state index in [0.29, 0.717) is 29.1 Å². The van der Waals surface area contributed by atoms with Crippen molar-refractivity contribution >= 4 is 51.5 Å². The molecular weight excluding hydrogens is 648 g/mol. The Kier molecular flexibility index (Phi) is 10.8. The molecule has 2 N–H and O–H groups in total. The number of nitrogens with zero attached hydrogens (tertiary/aromatic N) is 5. The van der Waals surface area contributed by atoms with E-state index in [1.807, 2.05) is 61.5 Å². The van der Waals surface area contributed by atoms with E-state index in [0.717, 1.165) is 60.0 Å². The van der Waals surface area contributed by atoms with E-state index in [-0.39, 0.29) is 29.9 Å². The number of benzene rings is 4. The lowest BCUT2D eigenvalue weighted by Gasteiger charge is -2.36. The van der Waals surface area contributed by atoms with Crippen LogP contribution in [0.2, 0.25) is 5.02 Å². The summed E-state index contributed by atoms with van der Waals surface area (Å²) in [6.45, 7) is 6.07. The number of para-hydroxylation sites is 2. The summed E-state index contributed by atoms with van der Waals surface area (Å²) in [7, 11) is 0. The maximum Gasteiger partial charge on any atom is 0.228 e. The Morgan fingerprint density at radius 2 is 1.60 bits per heavy atom. The Labute approximate surface area is 296 Å². The van der Waals surface area contributed by atoms with Crippen molar-refractivity contribution in [2.45, 2.75) is 19.8 Å². The van der Waals surface area contributed by atoms with Crippen LogP contribution in [0.15, 0.2) is 108 Å². The number of piperazine rings is 1. The number of Topliss-reactive ketones (excluding diaryl/α,β-unsaturated/α-hetero) is 2. The van der Waals surface area contributed by atoms with Crippen molar-refractivity contribution in [3.8, 4) is 6.07 Å². The largest absolute Gasteiger partial charge is 0.395 e. The van der Waals surface area contributed by atoms with Gasteiger partial charge < -0.3 is 20.2 Å². The summed E-state index contributed by atoms with van der Waals surface area (Å²) in [6.07, 6.45) is 0.523. The van der Waals surface area contributed by atoms with Gasteiger partial charge in [0.05, 0.1) is 22.7 Å². The lowest BCUT2D eigenvalue weighted by Crippen LogP contribution is -2.47. The van der Waals surface area contributed by atoms with Crippen molar-refractivity contribution in [1.29, 1.82) is 5.26 Å². The first-order chi connectivity index (χ1) is 24.4. The Hall–Kier alpha value is -5.56. The molecule has 1 aliphatic heterocycles. The molecule has 0 radical (unpaired) electrons. The molecule has 1 aliphatic carbocycles. The Balaban J connectivity index is 0.000000174. The Morgan fingerprint density at radius 3 is 2.34 bits per heavy atom. The van der Waals surface area contributed by atoms with Gasteiger partial charge >= 0.3 is 0 Å². The molecule has 1 aromatic heterocycles. The highest BCUT2D eigenvalue weighted by atomic mass is 35.5. The third kappa shape index (κ3) is 7.68. The maximum atomic E-state index is 12.7. The van der Waals surface area contributed by atoms with Crippen molar-refractivity contribution in [3.63, 3.8) is 0 Å². The van der Waals surface area contributed by atoms with Gasteiger partial charge in [-0.15, -0.1) is 0 Å². The number of fused-ring (bicyclic) bond motifs is 2. The number of aromatic nitrogens is 2. The van der Waals surface area contributed by atoms with E-state index in [1.165, 1.54) is 5.69 Å². The predicted octanol–water partition coefficient (Wildman–Crippen LogP) is 6.84. The summed E-state index contributed by atoms with van der Waals surface area (Å²) >= 11 is 6.15. The van der Waals surface area contributed by atoms with E-state index in [1.54, 1.807) is 24.3 Å². The van der Waals surface area contributed by atoms with Gasteiger partial charge in [0, 0.05) is 61.3 Å². The van der Waals surface area contributed by atoms with Crippen LogP contribution in [0.25, 0.3) is 10.9 Å². The fourth-order valence-corrected chi connectivity index (χ4v) is 6.57. The monoisotopic (exact) mass is 684 g/mol. The second-order valence-electron chi connectivity index (χ2n) is 12.2. The topological polar surface area (TPSA) is 122 Å². The molecule has 7 rings (SSSR count). The number of carbonyl (C=O) groups excluding carboxylic acids is 2. The van der Waals surface area contributed by atoms with Gasteiger partial charge in [0.25, 0.3) is 0 Å². The molecule has 5 aromatic rings. The average molecular weight is 685 g/mol. The smallest absolute Gasteiger partial charge is 0.228 e. The molecule has 0 unspecified atom stereocenters. The maximum absolute atomic E-state index is 12.7. The van der Waals surface area contributed by atoms with Crippen LogP contribution < -0.4 is 15.1 Å². The Morgan fingerprint density at radius 1 is 0.900 bits per heavy atom. The summed E-state index contributed by atoms with van der Waals surface area (Å²) in [5.74, 6) is 1.04. The van der Waals surface area contributed by atoms with Gasteiger partial charge in [0.15, 0.2) is 5.78 Å². The molecule has 50 heavy (non-hydrogen) atoms. The second kappa shape index (κ2) is 15.8. The zero-order chi connectivity index (χ0) is 35.0. The molecule has 252 valence electrons. The van der Waals surface area contributed by atoms with Gasteiger partial charge in [0.1, 0.15) is 11.9 Å². The number of carbonyl (C=O) groups is 2. The van der Waals surface area contributed by atoms with E-state index in [2.05, 4.69) is 39.4 Å². The standard InChI is InChI=1S/C20H14ClNO2.C20H23N5O/c1-12-6-7-16(18(21)8-12)20(24)17(11-22)14-9-13-4-2-3-5-15(13)19(23)10-14;26-15-10-21-19-17-8-4-5-9-18(17)22-20(23-19)25-13-11-24(12-14-25)16-6-2-1-3-7-16/h2-8H,9-10H2,1H3;1-9,26H,10-15H2,(H,21,22,23)/b17-14+;. The molecule has 10 heteroatoms. The minimum absolute atomic E-state index is 0.0172. The fourth-order valence-electron chi connectivity index (χ4n) is 6.25. The molecular formula is C40H37ClN6O3. The summed E-state index contributed by atoms with van der Waals surface area (Å²) in [6, 6.07) is 32.8. The van der Waals surface area contributed by atoms with E-state index < -0.39 is 5.78 Å². The third-order valence-electron chi connectivity index (χ3n) is 8.84. The van der Waals surface area contributed by atoms with Gasteiger partial charge in [-0.25, -0.2) is 4.98 Å². The highest BCUT2D eigenvalue weighted by Gasteiger charge is 2.27. The molecule has 0 saturated carbocycles. The fraction of sp³-hybridized carbons (Fsp3) is 0.225. The summed E-state index contributed by atoms with van der Waals surface area (Å²) in [4.78, 5) is 39.2. The minimum atomic E-state index is -0.426. The molecule has 0 bridgehead atoms. The van der Waals surface area contributed by atoms with E-state index in [4.69, 9.17) is 26.7 Å². The number of aliphatic hydroxyl groups excluding tert-OH is 1. The van der Waals surface area contributed by atoms with Gasteiger partial charge in [-0.2, -0.15) is 10.2 Å². The van der Waals surface area contributed by atoms with Crippen molar-refractivity contribution in [1.82, 2.24) is 9.97 Å². The normalized spacial score (nSPS) is 15.0. The molecule has 0 atom stereocenters. The number of hydrogen-bond donors (Lipinski definition) is 2.